The Bertz CT molecular complexity index is 554. The van der Waals surface area contributed by atoms with E-state index in [9.17, 15) is 0 Å². The molecule has 0 unspecified atom stereocenters. The smallest absolute Gasteiger partial charge is 0.141 e. The van der Waals surface area contributed by atoms with Gasteiger partial charge in [-0.2, -0.15) is 0 Å². The molecule has 2 aromatic carbocycles. The lowest BCUT2D eigenvalue weighted by atomic mass is 10.1. The molecule has 3 heteroatoms. The van der Waals surface area contributed by atoms with E-state index in [4.69, 9.17) is 22.1 Å². The third-order valence-electron chi connectivity index (χ3n) is 2.93. The van der Waals surface area contributed by atoms with Crippen LogP contribution in [0.15, 0.2) is 42.5 Å². The minimum atomic E-state index is 0.517. The number of hydrogen-bond acceptors (Lipinski definition) is 2. The van der Waals surface area contributed by atoms with Gasteiger partial charge in [0.05, 0.1) is 5.02 Å². The highest BCUT2D eigenvalue weighted by atomic mass is 35.5. The molecule has 0 heterocycles. The zero-order valence-electron chi connectivity index (χ0n) is 11.0. The van der Waals surface area contributed by atoms with Crippen molar-refractivity contribution in [1.82, 2.24) is 0 Å². The quantitative estimate of drug-likeness (QED) is 0.902. The first-order valence-corrected chi connectivity index (χ1v) is 6.74. The minimum absolute atomic E-state index is 0.517. The zero-order valence-corrected chi connectivity index (χ0v) is 11.8. The first-order chi connectivity index (χ1) is 9.20. The number of rotatable bonds is 5. The van der Waals surface area contributed by atoms with E-state index in [1.807, 2.05) is 30.3 Å². The summed E-state index contributed by atoms with van der Waals surface area (Å²) in [7, 11) is 0. The first kappa shape index (κ1) is 13.9. The summed E-state index contributed by atoms with van der Waals surface area (Å²) >= 11 is 6.20. The molecule has 0 aliphatic heterocycles. The SMILES string of the molecule is Cc1cccc(COc2c(Cl)cccc2CCN)c1. The number of nitrogens with two attached hydrogens (primary N) is 1. The van der Waals surface area contributed by atoms with E-state index in [-0.39, 0.29) is 0 Å². The van der Waals surface area contributed by atoms with E-state index < -0.39 is 0 Å². The van der Waals surface area contributed by atoms with Gasteiger partial charge in [0.25, 0.3) is 0 Å². The standard InChI is InChI=1S/C16H18ClNO/c1-12-4-2-5-13(10-12)11-19-16-14(8-9-18)6-3-7-15(16)17/h2-7,10H,8-9,11,18H2,1H3. The van der Waals surface area contributed by atoms with Crippen LogP contribution in [0.4, 0.5) is 0 Å². The van der Waals surface area contributed by atoms with Crippen LogP contribution in [0.2, 0.25) is 5.02 Å². The Morgan fingerprint density at radius 3 is 2.68 bits per heavy atom. The van der Waals surface area contributed by atoms with Crippen molar-refractivity contribution in [3.8, 4) is 5.75 Å². The summed E-state index contributed by atoms with van der Waals surface area (Å²) in [4.78, 5) is 0. The normalized spacial score (nSPS) is 10.5. The maximum Gasteiger partial charge on any atom is 0.141 e. The molecule has 2 aromatic rings. The van der Waals surface area contributed by atoms with Gasteiger partial charge >= 0.3 is 0 Å². The molecule has 0 aromatic heterocycles. The summed E-state index contributed by atoms with van der Waals surface area (Å²) in [6.07, 6.45) is 0.768. The van der Waals surface area contributed by atoms with Crippen LogP contribution in [0.3, 0.4) is 0 Å². The molecular weight excluding hydrogens is 258 g/mol. The predicted octanol–water partition coefficient (Wildman–Crippen LogP) is 3.73. The van der Waals surface area contributed by atoms with Crippen LogP contribution in [0.1, 0.15) is 16.7 Å². The predicted molar refractivity (Wildman–Crippen MR) is 79.7 cm³/mol. The highest BCUT2D eigenvalue weighted by Gasteiger charge is 2.08. The molecule has 0 saturated heterocycles. The number of aryl methyl sites for hydroxylation is 1. The fourth-order valence-electron chi connectivity index (χ4n) is 2.02. The fourth-order valence-corrected chi connectivity index (χ4v) is 2.27. The van der Waals surface area contributed by atoms with Gasteiger partial charge in [-0.05, 0) is 37.1 Å². The van der Waals surface area contributed by atoms with E-state index in [1.165, 1.54) is 5.56 Å². The van der Waals surface area contributed by atoms with E-state index >= 15 is 0 Å². The third-order valence-corrected chi connectivity index (χ3v) is 3.23. The fraction of sp³-hybridized carbons (Fsp3) is 0.250. The summed E-state index contributed by atoms with van der Waals surface area (Å²) < 4.78 is 5.87. The van der Waals surface area contributed by atoms with Gasteiger partial charge in [-0.3, -0.25) is 0 Å². The Hall–Kier alpha value is -1.51. The van der Waals surface area contributed by atoms with Crippen LogP contribution in [0.25, 0.3) is 0 Å². The molecule has 2 nitrogen and oxygen atoms in total. The highest BCUT2D eigenvalue weighted by molar-refractivity contribution is 6.32. The van der Waals surface area contributed by atoms with Crippen molar-refractivity contribution in [3.63, 3.8) is 0 Å². The molecule has 0 bridgehead atoms. The molecule has 0 aliphatic rings. The molecule has 19 heavy (non-hydrogen) atoms. The van der Waals surface area contributed by atoms with E-state index in [2.05, 4.69) is 19.1 Å². The van der Waals surface area contributed by atoms with Crippen molar-refractivity contribution in [3.05, 3.63) is 64.2 Å². The van der Waals surface area contributed by atoms with E-state index in [1.54, 1.807) is 0 Å². The lowest BCUT2D eigenvalue weighted by molar-refractivity contribution is 0.303. The summed E-state index contributed by atoms with van der Waals surface area (Å²) in [5.41, 5.74) is 9.03. The number of hydrogen-bond donors (Lipinski definition) is 1. The molecule has 0 radical (unpaired) electrons. The molecule has 2 rings (SSSR count). The summed E-state index contributed by atoms with van der Waals surface area (Å²) in [6, 6.07) is 14.0. The molecule has 2 N–H and O–H groups in total. The molecule has 0 aliphatic carbocycles. The zero-order chi connectivity index (χ0) is 13.7. The first-order valence-electron chi connectivity index (χ1n) is 6.36. The van der Waals surface area contributed by atoms with Crippen molar-refractivity contribution in [2.24, 2.45) is 5.73 Å². The maximum atomic E-state index is 6.20. The van der Waals surface area contributed by atoms with Crippen molar-refractivity contribution in [2.45, 2.75) is 20.0 Å². The number of halogens is 1. The average Bonchev–Trinajstić information content (AvgIpc) is 2.38. The van der Waals surface area contributed by atoms with Crippen LogP contribution in [0, 0.1) is 6.92 Å². The lowest BCUT2D eigenvalue weighted by Gasteiger charge is -2.13. The molecule has 0 saturated carbocycles. The lowest BCUT2D eigenvalue weighted by Crippen LogP contribution is -2.06. The van der Waals surface area contributed by atoms with Gasteiger partial charge in [-0.25, -0.2) is 0 Å². The minimum Gasteiger partial charge on any atom is -0.487 e. The van der Waals surface area contributed by atoms with Crippen LogP contribution in [-0.4, -0.2) is 6.54 Å². The number of benzene rings is 2. The summed E-state index contributed by atoms with van der Waals surface area (Å²) in [5.74, 6) is 0.746. The van der Waals surface area contributed by atoms with Gasteiger partial charge in [-0.1, -0.05) is 53.6 Å². The van der Waals surface area contributed by atoms with Crippen LogP contribution >= 0.6 is 11.6 Å². The Balaban J connectivity index is 2.14. The summed E-state index contributed by atoms with van der Waals surface area (Å²) in [5, 5.41) is 0.638. The highest BCUT2D eigenvalue weighted by Crippen LogP contribution is 2.29. The molecule has 0 amide bonds. The van der Waals surface area contributed by atoms with Gasteiger partial charge in [0.2, 0.25) is 0 Å². The van der Waals surface area contributed by atoms with Gasteiger partial charge in [0.15, 0.2) is 0 Å². The largest absolute Gasteiger partial charge is 0.487 e. The van der Waals surface area contributed by atoms with Gasteiger partial charge in [-0.15, -0.1) is 0 Å². The van der Waals surface area contributed by atoms with Crippen LogP contribution in [0.5, 0.6) is 5.75 Å². The Labute approximate surface area is 119 Å². The molecule has 0 fully saturated rings. The van der Waals surface area contributed by atoms with Crippen molar-refractivity contribution >= 4 is 11.6 Å². The number of ether oxygens (including phenoxy) is 1. The third kappa shape index (κ3) is 3.72. The van der Waals surface area contributed by atoms with Crippen LogP contribution in [-0.2, 0) is 13.0 Å². The van der Waals surface area contributed by atoms with Crippen molar-refractivity contribution in [1.29, 1.82) is 0 Å². The van der Waals surface area contributed by atoms with Crippen LogP contribution < -0.4 is 10.5 Å². The van der Waals surface area contributed by atoms with Crippen molar-refractivity contribution in [2.75, 3.05) is 6.54 Å². The van der Waals surface area contributed by atoms with Gasteiger partial charge < -0.3 is 10.5 Å². The monoisotopic (exact) mass is 275 g/mol. The second-order valence-corrected chi connectivity index (χ2v) is 4.95. The Morgan fingerprint density at radius 1 is 1.16 bits per heavy atom. The second kappa shape index (κ2) is 6.60. The molecule has 100 valence electrons. The van der Waals surface area contributed by atoms with E-state index in [0.29, 0.717) is 18.2 Å². The molecule has 0 atom stereocenters. The molecular formula is C16H18ClNO. The Morgan fingerprint density at radius 2 is 1.95 bits per heavy atom. The Kier molecular flexibility index (Phi) is 4.83. The average molecular weight is 276 g/mol. The van der Waals surface area contributed by atoms with Crippen molar-refractivity contribution < 1.29 is 4.74 Å². The van der Waals surface area contributed by atoms with Gasteiger partial charge in [0, 0.05) is 0 Å². The van der Waals surface area contributed by atoms with Gasteiger partial charge in [0.1, 0.15) is 12.4 Å². The number of para-hydroxylation sites is 1. The topological polar surface area (TPSA) is 35.2 Å². The summed E-state index contributed by atoms with van der Waals surface area (Å²) in [6.45, 7) is 3.17. The van der Waals surface area contributed by atoms with E-state index in [0.717, 1.165) is 23.3 Å². The maximum absolute atomic E-state index is 6.20. The molecule has 0 spiro atoms. The second-order valence-electron chi connectivity index (χ2n) is 4.54.